The maximum absolute atomic E-state index is 12.4. The van der Waals surface area contributed by atoms with Gasteiger partial charge in [-0.2, -0.15) is 0 Å². The van der Waals surface area contributed by atoms with Gasteiger partial charge in [-0.1, -0.05) is 43.5 Å². The first-order valence-electron chi connectivity index (χ1n) is 9.42. The van der Waals surface area contributed by atoms with Gasteiger partial charge in [0, 0.05) is 12.1 Å². The summed E-state index contributed by atoms with van der Waals surface area (Å²) in [4.78, 5) is 15.0. The van der Waals surface area contributed by atoms with Crippen molar-refractivity contribution in [3.8, 4) is 0 Å². The minimum Gasteiger partial charge on any atom is -0.392 e. The molecule has 2 N–H and O–H groups in total. The van der Waals surface area contributed by atoms with Crippen LogP contribution in [0, 0.1) is 0 Å². The maximum Gasteiger partial charge on any atom is 0.224 e. The predicted octanol–water partition coefficient (Wildman–Crippen LogP) is 2.64. The fourth-order valence-electron chi connectivity index (χ4n) is 4.28. The van der Waals surface area contributed by atoms with E-state index in [1.165, 1.54) is 58.0 Å². The van der Waals surface area contributed by atoms with Gasteiger partial charge in [0.1, 0.15) is 0 Å². The lowest BCUT2D eigenvalue weighted by Gasteiger charge is -2.43. The van der Waals surface area contributed by atoms with Crippen LogP contribution in [0.25, 0.3) is 0 Å². The summed E-state index contributed by atoms with van der Waals surface area (Å²) in [7, 11) is 0. The Morgan fingerprint density at radius 1 is 1.00 bits per heavy atom. The van der Waals surface area contributed by atoms with E-state index in [0.29, 0.717) is 6.42 Å². The van der Waals surface area contributed by atoms with Gasteiger partial charge in [-0.15, -0.1) is 0 Å². The van der Waals surface area contributed by atoms with Gasteiger partial charge in [0.2, 0.25) is 5.91 Å². The molecular weight excluding hydrogens is 300 g/mol. The van der Waals surface area contributed by atoms with Crippen LogP contribution in [-0.4, -0.2) is 41.1 Å². The number of hydrogen-bond acceptors (Lipinski definition) is 3. The number of nitrogens with one attached hydrogen (secondary N) is 1. The van der Waals surface area contributed by atoms with Gasteiger partial charge in [-0.3, -0.25) is 9.69 Å². The number of benzene rings is 1. The van der Waals surface area contributed by atoms with Crippen LogP contribution < -0.4 is 5.32 Å². The van der Waals surface area contributed by atoms with E-state index in [-0.39, 0.29) is 18.1 Å². The van der Waals surface area contributed by atoms with Crippen molar-refractivity contribution in [3.63, 3.8) is 0 Å². The number of carbonyl (C=O) groups is 1. The second-order valence-electron chi connectivity index (χ2n) is 7.41. The molecule has 1 heterocycles. The largest absolute Gasteiger partial charge is 0.392 e. The van der Waals surface area contributed by atoms with E-state index in [9.17, 15) is 4.79 Å². The zero-order chi connectivity index (χ0) is 16.8. The molecule has 132 valence electrons. The van der Waals surface area contributed by atoms with Crippen LogP contribution in [0.4, 0.5) is 0 Å². The normalized spacial score (nSPS) is 20.9. The summed E-state index contributed by atoms with van der Waals surface area (Å²) in [6.07, 6.45) is 9.38. The highest BCUT2D eigenvalue weighted by Crippen LogP contribution is 2.36. The van der Waals surface area contributed by atoms with E-state index in [4.69, 9.17) is 5.11 Å². The van der Waals surface area contributed by atoms with Crippen LogP contribution in [-0.2, 0) is 17.8 Å². The van der Waals surface area contributed by atoms with E-state index in [1.54, 1.807) is 0 Å². The third kappa shape index (κ3) is 4.17. The molecule has 1 saturated carbocycles. The van der Waals surface area contributed by atoms with Crippen LogP contribution >= 0.6 is 0 Å². The molecule has 4 heteroatoms. The number of likely N-dealkylation sites (tertiary alicyclic amines) is 1. The summed E-state index contributed by atoms with van der Waals surface area (Å²) in [6, 6.07) is 7.63. The first-order chi connectivity index (χ1) is 11.7. The van der Waals surface area contributed by atoms with Gasteiger partial charge in [0.25, 0.3) is 0 Å². The van der Waals surface area contributed by atoms with Crippen LogP contribution in [0.5, 0.6) is 0 Å². The zero-order valence-corrected chi connectivity index (χ0v) is 14.6. The average molecular weight is 330 g/mol. The lowest BCUT2D eigenvalue weighted by Crippen LogP contribution is -2.55. The number of rotatable bonds is 6. The van der Waals surface area contributed by atoms with E-state index >= 15 is 0 Å². The van der Waals surface area contributed by atoms with E-state index < -0.39 is 0 Å². The molecule has 1 aromatic carbocycles. The van der Waals surface area contributed by atoms with E-state index in [0.717, 1.165) is 17.7 Å². The summed E-state index contributed by atoms with van der Waals surface area (Å²) >= 11 is 0. The highest BCUT2D eigenvalue weighted by molar-refractivity contribution is 5.78. The Bertz CT molecular complexity index is 529. The highest BCUT2D eigenvalue weighted by atomic mass is 16.3. The molecule has 4 nitrogen and oxygen atoms in total. The molecule has 0 spiro atoms. The lowest BCUT2D eigenvalue weighted by molar-refractivity contribution is -0.121. The highest BCUT2D eigenvalue weighted by Gasteiger charge is 2.39. The summed E-state index contributed by atoms with van der Waals surface area (Å²) in [5, 5.41) is 12.3. The Balaban J connectivity index is 1.54. The molecular formula is C20H30N2O2. The third-order valence-electron chi connectivity index (χ3n) is 5.75. The zero-order valence-electron chi connectivity index (χ0n) is 14.6. The summed E-state index contributed by atoms with van der Waals surface area (Å²) in [6.45, 7) is 3.22. The molecule has 1 saturated heterocycles. The molecule has 1 aromatic rings. The second-order valence-corrected chi connectivity index (χ2v) is 7.41. The van der Waals surface area contributed by atoms with Crippen molar-refractivity contribution in [2.45, 2.75) is 63.5 Å². The molecule has 0 aromatic heterocycles. The van der Waals surface area contributed by atoms with E-state index in [2.05, 4.69) is 10.2 Å². The van der Waals surface area contributed by atoms with Crippen molar-refractivity contribution in [2.75, 3.05) is 19.6 Å². The average Bonchev–Trinajstić information content (AvgIpc) is 3.12. The third-order valence-corrected chi connectivity index (χ3v) is 5.75. The van der Waals surface area contributed by atoms with E-state index in [1.807, 2.05) is 24.3 Å². The summed E-state index contributed by atoms with van der Waals surface area (Å²) in [5.41, 5.74) is 2.09. The van der Waals surface area contributed by atoms with Gasteiger partial charge < -0.3 is 10.4 Å². The summed E-state index contributed by atoms with van der Waals surface area (Å²) in [5.74, 6) is 0.107. The Kier molecular flexibility index (Phi) is 5.90. The number of hydrogen-bond donors (Lipinski definition) is 2. The molecule has 0 unspecified atom stereocenters. The first kappa shape index (κ1) is 17.4. The Hall–Kier alpha value is -1.39. The van der Waals surface area contributed by atoms with Gasteiger partial charge in [0.05, 0.1) is 13.0 Å². The van der Waals surface area contributed by atoms with Crippen molar-refractivity contribution < 1.29 is 9.90 Å². The van der Waals surface area contributed by atoms with Gasteiger partial charge >= 0.3 is 0 Å². The second kappa shape index (κ2) is 8.13. The minimum absolute atomic E-state index is 0.0465. The number of amides is 1. The fourth-order valence-corrected chi connectivity index (χ4v) is 4.28. The molecule has 24 heavy (non-hydrogen) atoms. The van der Waals surface area contributed by atoms with Crippen molar-refractivity contribution in [3.05, 3.63) is 35.4 Å². The summed E-state index contributed by atoms with van der Waals surface area (Å²) < 4.78 is 0. The molecule has 0 bridgehead atoms. The number of aliphatic hydroxyl groups excluding tert-OH is 1. The molecule has 0 atom stereocenters. The smallest absolute Gasteiger partial charge is 0.224 e. The quantitative estimate of drug-likeness (QED) is 0.843. The molecule has 1 amide bonds. The predicted molar refractivity (Wildman–Crippen MR) is 95.7 cm³/mol. The molecule has 2 fully saturated rings. The van der Waals surface area contributed by atoms with Crippen molar-refractivity contribution in [1.29, 1.82) is 0 Å². The van der Waals surface area contributed by atoms with Gasteiger partial charge in [-0.25, -0.2) is 0 Å². The number of aliphatic hydroxyl groups is 1. The molecule has 1 aliphatic carbocycles. The van der Waals surface area contributed by atoms with Crippen molar-refractivity contribution in [2.24, 2.45) is 0 Å². The van der Waals surface area contributed by atoms with Crippen LogP contribution in [0.3, 0.4) is 0 Å². The molecule has 3 rings (SSSR count). The van der Waals surface area contributed by atoms with Crippen LogP contribution in [0.15, 0.2) is 24.3 Å². The SMILES string of the molecule is O=C(Cc1ccc(CO)cc1)NCC1(N2CCCCC2)CCCC1. The number of carbonyl (C=O) groups excluding carboxylic acids is 1. The van der Waals surface area contributed by atoms with Crippen molar-refractivity contribution >= 4 is 5.91 Å². The Morgan fingerprint density at radius 3 is 2.25 bits per heavy atom. The molecule has 2 aliphatic rings. The lowest BCUT2D eigenvalue weighted by atomic mass is 9.92. The van der Waals surface area contributed by atoms with Gasteiger partial charge in [0.15, 0.2) is 0 Å². The monoisotopic (exact) mass is 330 g/mol. The molecule has 0 radical (unpaired) electrons. The topological polar surface area (TPSA) is 52.6 Å². The number of nitrogens with zero attached hydrogens (tertiary/aromatic N) is 1. The first-order valence-corrected chi connectivity index (χ1v) is 9.42. The van der Waals surface area contributed by atoms with Crippen molar-refractivity contribution in [1.82, 2.24) is 10.2 Å². The standard InChI is InChI=1S/C20H30N2O2/c23-15-18-8-6-17(7-9-18)14-19(24)21-16-20(10-2-3-11-20)22-12-4-1-5-13-22/h6-9,23H,1-5,10-16H2,(H,21,24). The van der Waals surface area contributed by atoms with Gasteiger partial charge in [-0.05, 0) is 49.9 Å². The number of piperidine rings is 1. The fraction of sp³-hybridized carbons (Fsp3) is 0.650. The minimum atomic E-state index is 0.0465. The van der Waals surface area contributed by atoms with Crippen LogP contribution in [0.1, 0.15) is 56.1 Å². The molecule has 1 aliphatic heterocycles. The Labute approximate surface area is 145 Å². The maximum atomic E-state index is 12.4. The Morgan fingerprint density at radius 2 is 1.62 bits per heavy atom. The van der Waals surface area contributed by atoms with Crippen LogP contribution in [0.2, 0.25) is 0 Å².